The van der Waals surface area contributed by atoms with Crippen molar-refractivity contribution in [2.45, 2.75) is 78.4 Å². The van der Waals surface area contributed by atoms with E-state index in [2.05, 4.69) is 26.6 Å². The second-order valence-electron chi connectivity index (χ2n) is 27.9. The van der Waals surface area contributed by atoms with Crippen LogP contribution in [-0.2, 0) is 68.5 Å². The number of hydrogen-bond acceptors (Lipinski definition) is 21. The van der Waals surface area contributed by atoms with Gasteiger partial charge in [0.2, 0.25) is 17.7 Å². The van der Waals surface area contributed by atoms with Gasteiger partial charge in [-0.15, -0.1) is 24.8 Å². The van der Waals surface area contributed by atoms with E-state index in [0.717, 1.165) is 22.3 Å². The number of carboxylic acid groups (broad SMARTS) is 1. The van der Waals surface area contributed by atoms with Gasteiger partial charge in [-0.1, -0.05) is 0 Å². The van der Waals surface area contributed by atoms with E-state index in [0.29, 0.717) is 173 Å². The molecule has 0 saturated heterocycles. The number of amides is 9. The Morgan fingerprint density at radius 1 is 0.414 bits per heavy atom. The SMILES string of the molecule is CC(C)(C)OC(=O)NC/C(=C\F)COc1ccc2c(c1)CCN(CC(=O)O)C2=O.COCCNC(=O)CN1CCc2cc(OC/C(=C/F)CN)ccc2C1=O.COCCNC(=O)CN1CCc2cc(OC/C(=C/F)CN)ccc2C1=O.COCCNC(=O)CN1CCc2cc(OC/C(=C/F)CNC(=O)OC(C)(C)C)ccc2C1=O.Cl.Cl. The summed E-state index contributed by atoms with van der Waals surface area (Å²) in [7, 11) is 4.66. The number of carboxylic acids is 1. The minimum absolute atomic E-state index is 0. The van der Waals surface area contributed by atoms with E-state index in [-0.39, 0.29) is 156 Å². The van der Waals surface area contributed by atoms with Gasteiger partial charge in [-0.2, -0.15) is 0 Å². The smallest absolute Gasteiger partial charge is 0.407 e. The second-order valence-corrected chi connectivity index (χ2v) is 27.9. The molecule has 0 unspecified atom stereocenters. The zero-order chi connectivity index (χ0) is 83.9. The van der Waals surface area contributed by atoms with Crippen molar-refractivity contribution in [3.63, 3.8) is 0 Å². The monoisotopic (exact) mass is 1680 g/mol. The van der Waals surface area contributed by atoms with E-state index in [9.17, 15) is 65.5 Å². The lowest BCUT2D eigenvalue weighted by atomic mass is 9.98. The molecule has 8 rings (SSSR count). The molecule has 0 atom stereocenters. The number of nitrogens with one attached hydrogen (secondary N) is 5. The molecule has 31 nitrogen and oxygen atoms in total. The molecule has 0 spiro atoms. The third-order valence-electron chi connectivity index (χ3n) is 16.8. The molecule has 640 valence electrons. The van der Waals surface area contributed by atoms with Crippen molar-refractivity contribution in [2.75, 3.05) is 166 Å². The van der Waals surface area contributed by atoms with E-state index >= 15 is 0 Å². The Bertz CT molecular complexity index is 3970. The van der Waals surface area contributed by atoms with Gasteiger partial charge in [-0.3, -0.25) is 38.4 Å². The zero-order valence-corrected chi connectivity index (χ0v) is 68.2. The average Bonchev–Trinajstić information content (AvgIpc) is 0.820. The Balaban J connectivity index is 0.000000400. The number of ether oxygens (including phenoxy) is 9. The van der Waals surface area contributed by atoms with Crippen LogP contribution in [0.1, 0.15) is 105 Å². The van der Waals surface area contributed by atoms with Crippen LogP contribution >= 0.6 is 24.8 Å². The Morgan fingerprint density at radius 2 is 0.664 bits per heavy atom. The summed E-state index contributed by atoms with van der Waals surface area (Å²) in [5, 5.41) is 21.9. The van der Waals surface area contributed by atoms with Crippen molar-refractivity contribution in [3.8, 4) is 23.0 Å². The van der Waals surface area contributed by atoms with Crippen LogP contribution in [0.25, 0.3) is 0 Å². The summed E-state index contributed by atoms with van der Waals surface area (Å²) < 4.78 is 98.4. The molecule has 0 aliphatic carbocycles. The van der Waals surface area contributed by atoms with Crippen LogP contribution in [0.15, 0.2) is 120 Å². The number of carbonyl (C=O) groups is 10. The highest BCUT2D eigenvalue weighted by atomic mass is 35.5. The molecule has 4 aromatic carbocycles. The first kappa shape index (κ1) is 99.6. The van der Waals surface area contributed by atoms with E-state index in [1.807, 2.05) is 0 Å². The van der Waals surface area contributed by atoms with E-state index < -0.39 is 29.4 Å². The predicted octanol–water partition coefficient (Wildman–Crippen LogP) is 6.85. The maximum atomic E-state index is 13.2. The molecule has 4 aliphatic rings. The highest BCUT2D eigenvalue weighted by molar-refractivity contribution is 6.01. The summed E-state index contributed by atoms with van der Waals surface area (Å²) in [6.45, 7) is 14.1. The Hall–Kier alpha value is -10.6. The number of halogens is 6. The topological polar surface area (TPSA) is 399 Å². The van der Waals surface area contributed by atoms with Crippen molar-refractivity contribution in [1.29, 1.82) is 0 Å². The largest absolute Gasteiger partial charge is 0.489 e. The molecule has 0 aromatic heterocycles. The van der Waals surface area contributed by atoms with Crippen LogP contribution in [0.4, 0.5) is 27.2 Å². The number of rotatable bonds is 35. The van der Waals surface area contributed by atoms with Crippen LogP contribution in [0.2, 0.25) is 0 Å². The third-order valence-corrected chi connectivity index (χ3v) is 16.8. The maximum absolute atomic E-state index is 13.2. The van der Waals surface area contributed by atoms with Crippen molar-refractivity contribution in [3.05, 3.63) is 165 Å². The molecule has 4 aliphatic heterocycles. The number of methoxy groups -OCH3 is 3. The van der Waals surface area contributed by atoms with Crippen LogP contribution in [-0.4, -0.2) is 261 Å². The summed E-state index contributed by atoms with van der Waals surface area (Å²) in [6.07, 6.45) is 2.62. The van der Waals surface area contributed by atoms with Crippen molar-refractivity contribution < 1.29 is 113 Å². The van der Waals surface area contributed by atoms with Crippen LogP contribution in [0, 0.1) is 0 Å². The fraction of sp³-hybridized carbons (Fsp3) is 0.468. The Labute approximate surface area is 684 Å². The minimum atomic E-state index is -1.06. The maximum Gasteiger partial charge on any atom is 0.407 e. The first-order valence-corrected chi connectivity index (χ1v) is 36.5. The predicted molar refractivity (Wildman–Crippen MR) is 426 cm³/mol. The molecule has 116 heavy (non-hydrogen) atoms. The number of carbonyl (C=O) groups excluding carboxylic acids is 9. The van der Waals surface area contributed by atoms with Gasteiger partial charge in [0.25, 0.3) is 23.6 Å². The standard InChI is InChI=1S/C23H32FN3O6.C20H25FN2O6.2C18H24FN3O4.2ClH/c1-23(2,3)33-22(30)26-13-16(12-24)15-32-18-5-6-19-17(11-18)7-9-27(21(19)29)14-20(28)25-8-10-31-4;1-20(2,3)29-19(27)22-10-13(9-21)12-28-15-4-5-16-14(8-15)6-7-23(18(16)26)11-17(24)25;2*1-25-7-5-21-17(23)11-22-6-4-14-8-15(2-3-16(14)18(22)24)26-12-13(9-19)10-20;;/h5-6,11-12H,7-10,13-15H2,1-4H3,(H,25,28)(H,26,30);4-5,8-9H,6-7,10-12H2,1-3H3,(H,22,27)(H,24,25);2*2-3,8-9H,4-7,10-12,20H2,1H3,(H,21,23);2*1H/b16-12+;3*13-9+;;. The summed E-state index contributed by atoms with van der Waals surface area (Å²) in [4.78, 5) is 126. The number of fused-ring (bicyclic) bond motifs is 4. The molecule has 4 aromatic rings. The molecule has 0 fully saturated rings. The lowest BCUT2D eigenvalue weighted by Gasteiger charge is -2.28. The quantitative estimate of drug-likeness (QED) is 0.0172. The van der Waals surface area contributed by atoms with E-state index in [1.165, 1.54) is 19.6 Å². The molecule has 4 heterocycles. The van der Waals surface area contributed by atoms with Crippen molar-refractivity contribution in [2.24, 2.45) is 11.5 Å². The first-order chi connectivity index (χ1) is 54.4. The number of alkyl carbamates (subject to hydrolysis) is 2. The minimum Gasteiger partial charge on any atom is -0.489 e. The third kappa shape index (κ3) is 34.9. The lowest BCUT2D eigenvalue weighted by molar-refractivity contribution is -0.137. The van der Waals surface area contributed by atoms with E-state index in [1.54, 1.807) is 136 Å². The second kappa shape index (κ2) is 51.4. The van der Waals surface area contributed by atoms with Crippen LogP contribution < -0.4 is 57.0 Å². The molecule has 0 bridgehead atoms. The van der Waals surface area contributed by atoms with Gasteiger partial charge in [-0.05, 0) is 162 Å². The number of nitrogens with two attached hydrogens (primary N) is 2. The number of benzene rings is 4. The number of aliphatic carboxylic acids is 1. The van der Waals surface area contributed by atoms with Gasteiger partial charge in [0.05, 0.1) is 64.8 Å². The highest BCUT2D eigenvalue weighted by Gasteiger charge is 2.31. The Kier molecular flexibility index (Phi) is 44.2. The molecule has 10 N–H and O–H groups in total. The van der Waals surface area contributed by atoms with Crippen LogP contribution in [0.5, 0.6) is 23.0 Å². The Morgan fingerprint density at radius 3 is 0.888 bits per heavy atom. The summed E-state index contributed by atoms with van der Waals surface area (Å²) in [5.74, 6) is -0.661. The molecular weight excluding hydrogens is 1570 g/mol. The number of nitrogens with zero attached hydrogens (tertiary/aromatic N) is 4. The molecule has 9 amide bonds. The lowest BCUT2D eigenvalue weighted by Crippen LogP contribution is -2.44. The van der Waals surface area contributed by atoms with Gasteiger partial charge in [-0.25, -0.2) is 27.2 Å². The normalized spacial score (nSPS) is 13.9. The molecule has 37 heteroatoms. The number of hydrogen-bond donors (Lipinski definition) is 8. The van der Waals surface area contributed by atoms with Gasteiger partial charge in [0.1, 0.15) is 67.2 Å². The van der Waals surface area contributed by atoms with Gasteiger partial charge in [0, 0.05) is 138 Å². The highest BCUT2D eigenvalue weighted by Crippen LogP contribution is 2.29. The van der Waals surface area contributed by atoms with Gasteiger partial charge in [0.15, 0.2) is 0 Å². The van der Waals surface area contributed by atoms with Gasteiger partial charge < -0.3 is 105 Å². The van der Waals surface area contributed by atoms with Crippen molar-refractivity contribution >= 4 is 84.3 Å². The summed E-state index contributed by atoms with van der Waals surface area (Å²) in [5.41, 5.74) is 15.9. The van der Waals surface area contributed by atoms with Crippen molar-refractivity contribution in [1.82, 2.24) is 46.2 Å². The van der Waals surface area contributed by atoms with Gasteiger partial charge >= 0.3 is 18.2 Å². The molecule has 0 radical (unpaired) electrons. The fourth-order valence-corrected chi connectivity index (χ4v) is 11.0. The zero-order valence-electron chi connectivity index (χ0n) is 66.6. The summed E-state index contributed by atoms with van der Waals surface area (Å²) in [6, 6.07) is 20.0. The molecule has 0 saturated carbocycles. The average molecular weight is 1680 g/mol. The van der Waals surface area contributed by atoms with Crippen LogP contribution in [0.3, 0.4) is 0 Å². The first-order valence-electron chi connectivity index (χ1n) is 36.5. The van der Waals surface area contributed by atoms with E-state index in [4.69, 9.17) is 59.2 Å². The summed E-state index contributed by atoms with van der Waals surface area (Å²) >= 11 is 0. The molecular formula is C79H107Cl2F4N11O20. The fourth-order valence-electron chi connectivity index (χ4n) is 11.0.